The van der Waals surface area contributed by atoms with Crippen LogP contribution in [0, 0.1) is 0 Å². The van der Waals surface area contributed by atoms with Gasteiger partial charge in [-0.1, -0.05) is 57.1 Å². The van der Waals surface area contributed by atoms with Crippen LogP contribution in [0.15, 0.2) is 82.5 Å². The Labute approximate surface area is 134 Å². The molecule has 3 rings (SSSR count). The summed E-state index contributed by atoms with van der Waals surface area (Å²) in [5.41, 5.74) is 2.49. The van der Waals surface area contributed by atoms with Gasteiger partial charge in [-0.3, -0.25) is 9.69 Å². The van der Waals surface area contributed by atoms with Crippen LogP contribution in [0.25, 0.3) is 0 Å². The Bertz CT molecular complexity index is 678. The third-order valence-corrected chi connectivity index (χ3v) is 4.66. The molecule has 0 fully saturated rings. The first-order valence-corrected chi connectivity index (χ1v) is 9.12. The molecule has 0 bridgehead atoms. The van der Waals surface area contributed by atoms with Gasteiger partial charge in [-0.05, 0) is 44.5 Å². The second-order valence-electron chi connectivity index (χ2n) is 4.48. The topological polar surface area (TPSA) is 20.3 Å². The van der Waals surface area contributed by atoms with Gasteiger partial charge >= 0.3 is 0 Å². The van der Waals surface area contributed by atoms with Crippen molar-refractivity contribution >= 4 is 42.0 Å². The number of anilines is 2. The zero-order chi connectivity index (χ0) is 14.5. The zero-order valence-corrected chi connectivity index (χ0v) is 13.5. The Morgan fingerprint density at radius 1 is 0.857 bits per heavy atom. The molecule has 21 heavy (non-hydrogen) atoms. The first kappa shape index (κ1) is 13.9. The molecule has 0 atom stereocenters. The highest BCUT2D eigenvalue weighted by Crippen LogP contribution is 2.27. The highest BCUT2D eigenvalue weighted by Gasteiger charge is 2.20. The van der Waals surface area contributed by atoms with E-state index in [-0.39, 0.29) is 26.6 Å². The average Bonchev–Trinajstić information content (AvgIpc) is 2.58. The van der Waals surface area contributed by atoms with E-state index >= 15 is 0 Å². The van der Waals surface area contributed by atoms with Crippen molar-refractivity contribution in [2.45, 2.75) is 0 Å². The van der Waals surface area contributed by atoms with Gasteiger partial charge in [-0.15, -0.1) is 0 Å². The normalized spacial score (nSPS) is 13.2. The molecule has 2 nitrogen and oxygen atoms in total. The Kier molecular flexibility index (Phi) is 4.40. The predicted octanol–water partition coefficient (Wildman–Crippen LogP) is 4.58. The molecule has 1 aliphatic heterocycles. The quantitative estimate of drug-likeness (QED) is 0.707. The molecule has 0 saturated heterocycles. The van der Waals surface area contributed by atoms with Gasteiger partial charge in [0.2, 0.25) is 0 Å². The molecular formula is C18H14INO. The molecule has 2 aromatic rings. The van der Waals surface area contributed by atoms with E-state index in [0.29, 0.717) is 0 Å². The summed E-state index contributed by atoms with van der Waals surface area (Å²) in [4.78, 5) is 14.7. The maximum atomic E-state index is 12.9. The van der Waals surface area contributed by atoms with Crippen molar-refractivity contribution in [2.75, 3.05) is 4.90 Å². The summed E-state index contributed by atoms with van der Waals surface area (Å²) in [5, 5.41) is 0. The van der Waals surface area contributed by atoms with Crippen LogP contribution in [0.3, 0.4) is 0 Å². The Morgan fingerprint density at radius 2 is 1.43 bits per heavy atom. The average molecular weight is 387 g/mol. The van der Waals surface area contributed by atoms with Crippen molar-refractivity contribution < 1.29 is 4.79 Å². The van der Waals surface area contributed by atoms with Crippen molar-refractivity contribution in [3.63, 3.8) is 0 Å². The standard InChI is InChI=1S/C18H14INO/c21-18(15-11-13-19-14-12-15)20(16-7-3-1-4-8-16)17-9-5-2-6-10-17/h1-14H. The van der Waals surface area contributed by atoms with Crippen LogP contribution >= 0.6 is 20.7 Å². The van der Waals surface area contributed by atoms with Crippen LogP contribution in [0.4, 0.5) is 11.4 Å². The minimum atomic E-state index is -0.0209. The molecule has 2 aromatic carbocycles. The van der Waals surface area contributed by atoms with Crippen LogP contribution in [0.5, 0.6) is 0 Å². The number of halogens is 1. The lowest BCUT2D eigenvalue weighted by atomic mass is 10.1. The molecule has 3 heteroatoms. The number of hydrogen-bond acceptors (Lipinski definition) is 1. The lowest BCUT2D eigenvalue weighted by Crippen LogP contribution is -2.27. The second kappa shape index (κ2) is 6.63. The van der Waals surface area contributed by atoms with E-state index in [0.717, 1.165) is 16.9 Å². The van der Waals surface area contributed by atoms with E-state index in [4.69, 9.17) is 0 Å². The molecule has 0 aromatic heterocycles. The van der Waals surface area contributed by atoms with Gasteiger partial charge in [0.1, 0.15) is 0 Å². The lowest BCUT2D eigenvalue weighted by molar-refractivity contribution is -0.114. The van der Waals surface area contributed by atoms with Crippen molar-refractivity contribution in [1.29, 1.82) is 0 Å². The molecule has 0 unspecified atom stereocenters. The number of carbonyl (C=O) groups is 1. The number of amides is 1. The second-order valence-corrected chi connectivity index (χ2v) is 6.64. The molecule has 0 saturated carbocycles. The van der Waals surface area contributed by atoms with Crippen LogP contribution in [0.2, 0.25) is 0 Å². The molecule has 1 aliphatic rings. The van der Waals surface area contributed by atoms with Crippen LogP contribution in [-0.2, 0) is 4.79 Å². The van der Waals surface area contributed by atoms with E-state index in [1.165, 1.54) is 0 Å². The zero-order valence-electron chi connectivity index (χ0n) is 11.3. The van der Waals surface area contributed by atoms with Gasteiger partial charge in [0, 0.05) is 16.9 Å². The number of hydrogen-bond donors (Lipinski definition) is 0. The van der Waals surface area contributed by atoms with Crippen molar-refractivity contribution in [1.82, 2.24) is 0 Å². The van der Waals surface area contributed by atoms with E-state index in [1.54, 1.807) is 4.90 Å². The molecule has 1 heterocycles. The van der Waals surface area contributed by atoms with Gasteiger partial charge in [-0.2, -0.15) is 0 Å². The van der Waals surface area contributed by atoms with Crippen molar-refractivity contribution in [3.05, 3.63) is 82.5 Å². The van der Waals surface area contributed by atoms with Crippen LogP contribution in [-0.4, -0.2) is 9.92 Å². The number of carbonyl (C=O) groups excluding carboxylic acids is 1. The van der Waals surface area contributed by atoms with Crippen LogP contribution in [0.1, 0.15) is 0 Å². The fourth-order valence-electron chi connectivity index (χ4n) is 2.12. The molecule has 0 radical (unpaired) electrons. The van der Waals surface area contributed by atoms with Gasteiger partial charge in [-0.25, -0.2) is 0 Å². The number of benzene rings is 2. The Balaban J connectivity index is 2.05. The van der Waals surface area contributed by atoms with E-state index in [9.17, 15) is 4.79 Å². The Hall–Kier alpha value is -2.01. The number of para-hydroxylation sites is 2. The molecule has 0 N–H and O–H groups in total. The highest BCUT2D eigenvalue weighted by molar-refractivity contribution is 14.2. The molecule has 1 amide bonds. The number of nitrogens with zero attached hydrogens (tertiary/aromatic N) is 1. The SMILES string of the molecule is O=C(C1=CC=IC=C1)N(c1ccccc1)c1ccccc1. The van der Waals surface area contributed by atoms with E-state index in [2.05, 4.69) is 8.09 Å². The summed E-state index contributed by atoms with van der Waals surface area (Å²) < 4.78 is 4.22. The summed E-state index contributed by atoms with van der Waals surface area (Å²) in [7, 11) is 0. The largest absolute Gasteiger partial charge is 0.277 e. The van der Waals surface area contributed by atoms with Crippen molar-refractivity contribution in [2.24, 2.45) is 0 Å². The predicted molar refractivity (Wildman–Crippen MR) is 97.3 cm³/mol. The summed E-state index contributed by atoms with van der Waals surface area (Å²) >= 11 is -0.0209. The van der Waals surface area contributed by atoms with Gasteiger partial charge < -0.3 is 0 Å². The van der Waals surface area contributed by atoms with Crippen LogP contribution < -0.4 is 4.90 Å². The summed E-state index contributed by atoms with van der Waals surface area (Å²) in [6, 6.07) is 19.5. The van der Waals surface area contributed by atoms with Crippen molar-refractivity contribution in [3.8, 4) is 0 Å². The first-order valence-electron chi connectivity index (χ1n) is 6.63. The summed E-state index contributed by atoms with van der Waals surface area (Å²) in [6.07, 6.45) is 3.88. The third kappa shape index (κ3) is 3.19. The van der Waals surface area contributed by atoms with E-state index < -0.39 is 0 Å². The fourth-order valence-corrected chi connectivity index (χ4v) is 3.55. The van der Waals surface area contributed by atoms with E-state index in [1.807, 2.05) is 72.8 Å². The number of allylic oxidation sites excluding steroid dienone is 1. The number of rotatable bonds is 3. The smallest absolute Gasteiger partial charge is 0.262 e. The molecule has 0 aliphatic carbocycles. The lowest BCUT2D eigenvalue weighted by Gasteiger charge is -2.23. The maximum Gasteiger partial charge on any atom is 0.262 e. The monoisotopic (exact) mass is 387 g/mol. The fraction of sp³-hybridized carbons (Fsp3) is 0. The minimum absolute atomic E-state index is 0.00334. The summed E-state index contributed by atoms with van der Waals surface area (Å²) in [5.74, 6) is 0.00334. The van der Waals surface area contributed by atoms with Gasteiger partial charge in [0.15, 0.2) is 0 Å². The summed E-state index contributed by atoms with van der Waals surface area (Å²) in [6.45, 7) is 0. The molecular weight excluding hydrogens is 373 g/mol. The first-order chi connectivity index (χ1) is 10.4. The minimum Gasteiger partial charge on any atom is -0.277 e. The van der Waals surface area contributed by atoms with Gasteiger partial charge in [0.25, 0.3) is 5.91 Å². The molecule has 104 valence electrons. The maximum absolute atomic E-state index is 12.9. The van der Waals surface area contributed by atoms with Gasteiger partial charge in [0.05, 0.1) is 0 Å². The third-order valence-electron chi connectivity index (χ3n) is 3.11. The molecule has 0 spiro atoms. The highest BCUT2D eigenvalue weighted by atomic mass is 127. The Morgan fingerprint density at radius 3 is 1.90 bits per heavy atom.